The van der Waals surface area contributed by atoms with Gasteiger partial charge in [-0.05, 0) is 49.4 Å². The van der Waals surface area contributed by atoms with Crippen molar-refractivity contribution in [2.75, 3.05) is 77.0 Å². The number of rotatable bonds is 6. The Morgan fingerprint density at radius 3 is 2.36 bits per heavy atom. The van der Waals surface area contributed by atoms with Crippen LogP contribution in [0.1, 0.15) is 24.8 Å². The van der Waals surface area contributed by atoms with Crippen LogP contribution in [0.25, 0.3) is 0 Å². The molecule has 3 aliphatic rings. The molecule has 11 heteroatoms. The molecule has 1 aromatic rings. The molecule has 1 aromatic carbocycles. The summed E-state index contributed by atoms with van der Waals surface area (Å²) in [4.78, 5) is 32.4. The Balaban J connectivity index is 1.30. The van der Waals surface area contributed by atoms with E-state index in [9.17, 15) is 27.9 Å². The average Bonchev–Trinajstić information content (AvgIpc) is 2.88. The fourth-order valence-corrected chi connectivity index (χ4v) is 5.49. The summed E-state index contributed by atoms with van der Waals surface area (Å²) >= 11 is 0. The zero-order chi connectivity index (χ0) is 25.7. The number of carboxylic acids is 1. The highest BCUT2D eigenvalue weighted by atomic mass is 19.4. The van der Waals surface area contributed by atoms with Gasteiger partial charge in [0.1, 0.15) is 0 Å². The lowest BCUT2D eigenvalue weighted by Gasteiger charge is -2.42. The maximum atomic E-state index is 13.1. The third-order valence-corrected chi connectivity index (χ3v) is 7.61. The fraction of sp³-hybridized carbons (Fsp3) is 0.680. The number of piperazine rings is 1. The Morgan fingerprint density at radius 1 is 0.972 bits per heavy atom. The summed E-state index contributed by atoms with van der Waals surface area (Å²) in [5.74, 6) is -0.684. The first-order valence-corrected chi connectivity index (χ1v) is 12.7. The van der Waals surface area contributed by atoms with E-state index in [1.165, 1.54) is 12.1 Å². The number of hydrogen-bond donors (Lipinski definition) is 1. The molecule has 0 bridgehead atoms. The van der Waals surface area contributed by atoms with E-state index in [0.29, 0.717) is 64.6 Å². The highest BCUT2D eigenvalue weighted by Gasteiger charge is 2.35. The number of carbonyl (C=O) groups is 2. The normalized spacial score (nSPS) is 24.1. The number of carboxylic acid groups (broad SMARTS) is 1. The number of hydrogen-bond acceptors (Lipinski definition) is 5. The number of alkyl halides is 3. The summed E-state index contributed by atoms with van der Waals surface area (Å²) in [6, 6.07) is 5.45. The van der Waals surface area contributed by atoms with Gasteiger partial charge in [-0.25, -0.2) is 4.79 Å². The maximum Gasteiger partial charge on any atom is 0.416 e. The Labute approximate surface area is 209 Å². The summed E-state index contributed by atoms with van der Waals surface area (Å²) in [7, 11) is 0. The third kappa shape index (κ3) is 6.82. The van der Waals surface area contributed by atoms with Crippen LogP contribution in [0.4, 0.5) is 23.7 Å². The van der Waals surface area contributed by atoms with E-state index in [-0.39, 0.29) is 24.3 Å². The molecule has 0 aromatic heterocycles. The van der Waals surface area contributed by atoms with Gasteiger partial charge >= 0.3 is 18.2 Å². The molecule has 8 nitrogen and oxygen atoms in total. The van der Waals surface area contributed by atoms with Gasteiger partial charge in [-0.3, -0.25) is 9.69 Å². The van der Waals surface area contributed by atoms with Gasteiger partial charge in [0.15, 0.2) is 0 Å². The molecule has 1 N–H and O–H groups in total. The van der Waals surface area contributed by atoms with Crippen LogP contribution in [0.5, 0.6) is 0 Å². The predicted molar refractivity (Wildman–Crippen MR) is 128 cm³/mol. The van der Waals surface area contributed by atoms with Gasteiger partial charge in [0.25, 0.3) is 0 Å². The van der Waals surface area contributed by atoms with E-state index >= 15 is 0 Å². The molecule has 0 aliphatic carbocycles. The molecule has 3 aliphatic heterocycles. The number of likely N-dealkylation sites (tertiary alicyclic amines) is 1. The lowest BCUT2D eigenvalue weighted by molar-refractivity contribution is -0.139. The predicted octanol–water partition coefficient (Wildman–Crippen LogP) is 3.08. The van der Waals surface area contributed by atoms with E-state index in [4.69, 9.17) is 4.74 Å². The molecular formula is C25H35F3N4O4. The summed E-state index contributed by atoms with van der Waals surface area (Å²) in [5, 5.41) is 9.40. The minimum absolute atomic E-state index is 0.00627. The van der Waals surface area contributed by atoms with E-state index in [1.54, 1.807) is 6.07 Å². The number of amides is 2. The lowest BCUT2D eigenvalue weighted by atomic mass is 9.81. The Bertz CT molecular complexity index is 902. The van der Waals surface area contributed by atoms with Crippen molar-refractivity contribution < 1.29 is 32.6 Å². The van der Waals surface area contributed by atoms with E-state index in [0.717, 1.165) is 32.1 Å². The van der Waals surface area contributed by atoms with Crippen molar-refractivity contribution in [3.05, 3.63) is 29.8 Å². The number of piperidine rings is 1. The number of halogens is 3. The van der Waals surface area contributed by atoms with Crippen molar-refractivity contribution in [1.82, 2.24) is 14.7 Å². The number of urea groups is 1. The zero-order valence-electron chi connectivity index (χ0n) is 20.5. The van der Waals surface area contributed by atoms with Gasteiger partial charge in [0, 0.05) is 64.5 Å². The molecule has 200 valence electrons. The first-order valence-electron chi connectivity index (χ1n) is 12.7. The molecule has 3 saturated heterocycles. The van der Waals surface area contributed by atoms with Gasteiger partial charge in [-0.15, -0.1) is 0 Å². The van der Waals surface area contributed by atoms with Crippen molar-refractivity contribution >= 4 is 17.7 Å². The van der Waals surface area contributed by atoms with Crippen molar-refractivity contribution in [3.8, 4) is 0 Å². The highest BCUT2D eigenvalue weighted by molar-refractivity contribution is 5.74. The summed E-state index contributed by atoms with van der Waals surface area (Å²) in [6.45, 7) is 6.84. The topological polar surface area (TPSA) is 76.6 Å². The number of carbonyl (C=O) groups excluding carboxylic acids is 1. The van der Waals surface area contributed by atoms with Gasteiger partial charge < -0.3 is 24.5 Å². The first-order chi connectivity index (χ1) is 17.2. The summed E-state index contributed by atoms with van der Waals surface area (Å²) in [6.07, 6.45) is -2.79. The number of aliphatic carboxylic acids is 1. The Morgan fingerprint density at radius 2 is 1.69 bits per heavy atom. The fourth-order valence-electron chi connectivity index (χ4n) is 5.49. The standard InChI is InChI=1S/C25H35F3N4O4/c26-25(27,28)21-2-1-3-22(17-21)30-10-8-29(9-11-30)6-4-20-18-32(7-5-19(20)16-23(33)34)24(35)31-12-14-36-15-13-31/h1-3,17,19-20H,4-16,18H2,(H,33,34). The number of nitrogens with zero attached hydrogens (tertiary/aromatic N) is 4. The number of morpholine rings is 1. The molecule has 0 saturated carbocycles. The van der Waals surface area contributed by atoms with E-state index < -0.39 is 17.7 Å². The molecule has 0 spiro atoms. The van der Waals surface area contributed by atoms with Crippen molar-refractivity contribution in [2.45, 2.75) is 25.4 Å². The largest absolute Gasteiger partial charge is 0.481 e. The van der Waals surface area contributed by atoms with Gasteiger partial charge in [0.2, 0.25) is 0 Å². The molecule has 36 heavy (non-hydrogen) atoms. The number of ether oxygens (including phenoxy) is 1. The maximum absolute atomic E-state index is 13.1. The van der Waals surface area contributed by atoms with Crippen molar-refractivity contribution in [2.24, 2.45) is 11.8 Å². The third-order valence-electron chi connectivity index (χ3n) is 7.61. The smallest absolute Gasteiger partial charge is 0.416 e. The zero-order valence-corrected chi connectivity index (χ0v) is 20.5. The minimum Gasteiger partial charge on any atom is -0.481 e. The monoisotopic (exact) mass is 512 g/mol. The van der Waals surface area contributed by atoms with Crippen molar-refractivity contribution in [1.29, 1.82) is 0 Å². The van der Waals surface area contributed by atoms with Gasteiger partial charge in [-0.1, -0.05) is 6.07 Å². The number of benzene rings is 1. The van der Waals surface area contributed by atoms with Crippen molar-refractivity contribution in [3.63, 3.8) is 0 Å². The summed E-state index contributed by atoms with van der Waals surface area (Å²) in [5.41, 5.74) is -0.0593. The quantitative estimate of drug-likeness (QED) is 0.632. The molecule has 0 radical (unpaired) electrons. The molecular weight excluding hydrogens is 477 g/mol. The van der Waals surface area contributed by atoms with Crippen LogP contribution in [0, 0.1) is 11.8 Å². The molecule has 2 unspecified atom stereocenters. The molecule has 3 fully saturated rings. The van der Waals surface area contributed by atoms with Crippen LogP contribution in [0.2, 0.25) is 0 Å². The van der Waals surface area contributed by atoms with Gasteiger partial charge in [-0.2, -0.15) is 13.2 Å². The molecule has 4 rings (SSSR count). The van der Waals surface area contributed by atoms with Gasteiger partial charge in [0.05, 0.1) is 18.8 Å². The van der Waals surface area contributed by atoms with Crippen LogP contribution in [-0.4, -0.2) is 104 Å². The lowest BCUT2D eigenvalue weighted by Crippen LogP contribution is -2.53. The van der Waals surface area contributed by atoms with Crippen LogP contribution >= 0.6 is 0 Å². The molecule has 2 amide bonds. The molecule has 2 atom stereocenters. The van der Waals surface area contributed by atoms with Crippen LogP contribution in [0.3, 0.4) is 0 Å². The number of anilines is 1. The Hall–Kier alpha value is -2.53. The molecule has 3 heterocycles. The SMILES string of the molecule is O=C(O)CC1CCN(C(=O)N2CCOCC2)CC1CCN1CCN(c2cccc(C(F)(F)F)c2)CC1. The van der Waals surface area contributed by atoms with E-state index in [2.05, 4.69) is 4.90 Å². The van der Waals surface area contributed by atoms with Crippen LogP contribution < -0.4 is 4.90 Å². The van der Waals surface area contributed by atoms with E-state index in [1.807, 2.05) is 14.7 Å². The second kappa shape index (κ2) is 11.7. The average molecular weight is 513 g/mol. The Kier molecular flexibility index (Phi) is 8.61. The highest BCUT2D eigenvalue weighted by Crippen LogP contribution is 2.33. The van der Waals surface area contributed by atoms with Crippen LogP contribution in [0.15, 0.2) is 24.3 Å². The first kappa shape index (κ1) is 26.5. The summed E-state index contributed by atoms with van der Waals surface area (Å²) < 4.78 is 44.6. The van der Waals surface area contributed by atoms with Crippen LogP contribution in [-0.2, 0) is 15.7 Å². The second-order valence-corrected chi connectivity index (χ2v) is 9.90. The minimum atomic E-state index is -4.36. The second-order valence-electron chi connectivity index (χ2n) is 9.90.